The van der Waals surface area contributed by atoms with Crippen LogP contribution in [0, 0.1) is 0 Å². The van der Waals surface area contributed by atoms with Gasteiger partial charge in [-0.2, -0.15) is 52.7 Å². The molecular weight excluding hydrogens is 774 g/mol. The number of fused-ring (bicyclic) bond motifs is 2. The molecule has 0 saturated carbocycles. The Hall–Kier alpha value is -6.31. The largest absolute Gasteiger partial charge is 0.507 e. The van der Waals surface area contributed by atoms with Crippen molar-refractivity contribution in [1.82, 2.24) is 0 Å². The van der Waals surface area contributed by atoms with Gasteiger partial charge in [0, 0.05) is 34.0 Å². The predicted molar refractivity (Wildman–Crippen MR) is 193 cm³/mol. The van der Waals surface area contributed by atoms with Crippen LogP contribution in [0.3, 0.4) is 0 Å². The molecule has 0 amide bonds. The van der Waals surface area contributed by atoms with Gasteiger partial charge in [0.1, 0.15) is 5.75 Å². The van der Waals surface area contributed by atoms with Crippen LogP contribution in [0.1, 0.15) is 27.8 Å². The summed E-state index contributed by atoms with van der Waals surface area (Å²) in [6.07, 6.45) is -20.2. The first-order valence-electron chi connectivity index (χ1n) is 16.7. The van der Waals surface area contributed by atoms with Crippen molar-refractivity contribution in [2.75, 3.05) is 0 Å². The van der Waals surface area contributed by atoms with E-state index in [9.17, 15) is 57.8 Å². The Bertz CT molecular complexity index is 2490. The number of aromatic hydroxyl groups is 1. The summed E-state index contributed by atoms with van der Waals surface area (Å²) in [6, 6.07) is 25.4. The molecule has 2 nitrogen and oxygen atoms in total. The molecule has 0 bridgehead atoms. The average Bonchev–Trinajstić information content (AvgIpc) is 3.15. The molecule has 0 aliphatic carbocycles. The number of phenols is 1. The fourth-order valence-corrected chi connectivity index (χ4v) is 6.67. The van der Waals surface area contributed by atoms with Gasteiger partial charge in [0.05, 0.1) is 27.9 Å². The molecule has 0 aliphatic heterocycles. The Morgan fingerprint density at radius 2 is 0.807 bits per heavy atom. The van der Waals surface area contributed by atoms with E-state index in [1.807, 2.05) is 42.5 Å². The van der Waals surface area contributed by atoms with Gasteiger partial charge in [0.2, 0.25) is 0 Å². The Balaban J connectivity index is 1.50. The summed E-state index contributed by atoms with van der Waals surface area (Å²) in [5.74, 6) is -0.376. The zero-order valence-corrected chi connectivity index (χ0v) is 28.6. The molecule has 7 rings (SSSR count). The summed E-state index contributed by atoms with van der Waals surface area (Å²) in [5, 5.41) is 14.8. The maximum absolute atomic E-state index is 14.0. The highest BCUT2D eigenvalue weighted by Gasteiger charge is 2.39. The minimum atomic E-state index is -5.29. The second kappa shape index (κ2) is 14.0. The van der Waals surface area contributed by atoms with Crippen LogP contribution in [-0.4, -0.2) is 11.3 Å². The van der Waals surface area contributed by atoms with Gasteiger partial charge in [0.25, 0.3) is 0 Å². The van der Waals surface area contributed by atoms with Crippen LogP contribution in [0.4, 0.5) is 58.4 Å². The van der Waals surface area contributed by atoms with E-state index in [4.69, 9.17) is 0 Å². The molecule has 0 atom stereocenters. The third-order valence-corrected chi connectivity index (χ3v) is 9.27. The Kier molecular flexibility index (Phi) is 9.57. The maximum atomic E-state index is 14.0. The van der Waals surface area contributed by atoms with E-state index >= 15 is 0 Å². The van der Waals surface area contributed by atoms with E-state index in [0.29, 0.717) is 35.4 Å². The van der Waals surface area contributed by atoms with Gasteiger partial charge in [0.15, 0.2) is 0 Å². The minimum Gasteiger partial charge on any atom is -0.507 e. The minimum absolute atomic E-state index is 0.0506. The Morgan fingerprint density at radius 3 is 1.23 bits per heavy atom. The van der Waals surface area contributed by atoms with Crippen molar-refractivity contribution in [3.05, 3.63) is 155 Å². The highest BCUT2D eigenvalue weighted by Crippen LogP contribution is 2.47. The van der Waals surface area contributed by atoms with Gasteiger partial charge in [-0.1, -0.05) is 78.9 Å². The Labute approximate surface area is 315 Å². The molecule has 0 aromatic heterocycles. The van der Waals surface area contributed by atoms with E-state index in [2.05, 4.69) is 4.99 Å². The topological polar surface area (TPSA) is 32.6 Å². The summed E-state index contributed by atoms with van der Waals surface area (Å²) in [4.78, 5) is 4.31. The third kappa shape index (κ3) is 7.76. The van der Waals surface area contributed by atoms with Gasteiger partial charge in [-0.3, -0.25) is 4.99 Å². The fraction of sp³-hybridized carbons (Fsp3) is 0.0930. The van der Waals surface area contributed by atoms with Crippen molar-refractivity contribution in [2.45, 2.75) is 24.7 Å². The van der Waals surface area contributed by atoms with Crippen molar-refractivity contribution in [3.8, 4) is 39.1 Å². The van der Waals surface area contributed by atoms with Gasteiger partial charge in [-0.25, -0.2) is 0 Å². The normalized spacial score (nSPS) is 12.9. The molecule has 0 spiro atoms. The maximum Gasteiger partial charge on any atom is 0.416 e. The van der Waals surface area contributed by atoms with Crippen LogP contribution in [0.15, 0.2) is 132 Å². The van der Waals surface area contributed by atoms with E-state index in [1.54, 1.807) is 18.2 Å². The standard InChI is InChI=1S/C43H23F12NO/c44-40(45,46)28-16-26(17-29(20-28)41(47,48)49)34-12-6-13-35(27-18-30(42(50,51)52)21-31(19-27)43(53,54)55)38(34)56-22-25-9-5-14-36(39(25)57)37-32-10-3-1-7-23(32)15-24-8-2-4-11-33(24)37/h1-22,57H. The van der Waals surface area contributed by atoms with E-state index in [-0.39, 0.29) is 23.4 Å². The number of halogens is 12. The van der Waals surface area contributed by atoms with Crippen LogP contribution in [0.25, 0.3) is 54.9 Å². The first-order chi connectivity index (χ1) is 26.7. The lowest BCUT2D eigenvalue weighted by molar-refractivity contribution is -0.144. The van der Waals surface area contributed by atoms with Crippen LogP contribution in [-0.2, 0) is 24.7 Å². The molecule has 14 heteroatoms. The van der Waals surface area contributed by atoms with Gasteiger partial charge >= 0.3 is 24.7 Å². The third-order valence-electron chi connectivity index (χ3n) is 9.27. The van der Waals surface area contributed by atoms with Crippen LogP contribution in [0.5, 0.6) is 5.75 Å². The predicted octanol–water partition coefficient (Wildman–Crippen LogP) is 14.5. The summed E-state index contributed by atoms with van der Waals surface area (Å²) < 4.78 is 167. The van der Waals surface area contributed by atoms with Gasteiger partial charge in [-0.05, 0) is 81.2 Å². The average molecular weight is 798 g/mol. The summed E-state index contributed by atoms with van der Waals surface area (Å²) in [7, 11) is 0. The molecule has 57 heavy (non-hydrogen) atoms. The number of para-hydroxylation sites is 2. The highest BCUT2D eigenvalue weighted by molar-refractivity contribution is 6.14. The SMILES string of the molecule is Oc1c(C=Nc2c(-c3cc(C(F)(F)F)cc(C(F)(F)F)c3)cccc2-c2cc(C(F)(F)F)cc(C(F)(F)F)c2)cccc1-c1c2ccccc2cc2ccccc12. The second-order valence-electron chi connectivity index (χ2n) is 13.0. The molecule has 0 heterocycles. The van der Waals surface area contributed by atoms with E-state index < -0.39 is 74.9 Å². The monoisotopic (exact) mass is 797 g/mol. The number of hydrogen-bond acceptors (Lipinski definition) is 2. The summed E-state index contributed by atoms with van der Waals surface area (Å²) in [6.45, 7) is 0. The fourth-order valence-electron chi connectivity index (χ4n) is 6.67. The Morgan fingerprint density at radius 1 is 0.421 bits per heavy atom. The molecule has 0 radical (unpaired) electrons. The van der Waals surface area contributed by atoms with Crippen molar-refractivity contribution in [2.24, 2.45) is 4.99 Å². The van der Waals surface area contributed by atoms with Crippen molar-refractivity contribution < 1.29 is 57.8 Å². The lowest BCUT2D eigenvalue weighted by Crippen LogP contribution is -2.11. The number of hydrogen-bond donors (Lipinski definition) is 1. The quantitative estimate of drug-likeness (QED) is 0.105. The van der Waals surface area contributed by atoms with Crippen LogP contribution < -0.4 is 0 Å². The van der Waals surface area contributed by atoms with E-state index in [0.717, 1.165) is 46.0 Å². The lowest BCUT2D eigenvalue weighted by atomic mass is 9.90. The number of alkyl halides is 12. The highest BCUT2D eigenvalue weighted by atomic mass is 19.4. The van der Waals surface area contributed by atoms with Crippen molar-refractivity contribution >= 4 is 33.4 Å². The number of aliphatic imine (C=N–C) groups is 1. The second-order valence-corrected chi connectivity index (χ2v) is 13.0. The van der Waals surface area contributed by atoms with Gasteiger partial charge in [-0.15, -0.1) is 0 Å². The molecule has 7 aromatic rings. The molecule has 0 saturated heterocycles. The lowest BCUT2D eigenvalue weighted by Gasteiger charge is -2.18. The zero-order valence-electron chi connectivity index (χ0n) is 28.6. The molecule has 0 fully saturated rings. The molecular formula is C43H23F12NO. The first kappa shape index (κ1) is 38.9. The smallest absolute Gasteiger partial charge is 0.416 e. The molecule has 0 aliphatic rings. The molecule has 7 aromatic carbocycles. The molecule has 1 N–H and O–H groups in total. The number of rotatable bonds is 5. The summed E-state index contributed by atoms with van der Waals surface area (Å²) in [5.41, 5.74) is -9.11. The number of phenolic OH excluding ortho intramolecular Hbond substituents is 1. The number of benzene rings is 7. The first-order valence-corrected chi connectivity index (χ1v) is 16.7. The summed E-state index contributed by atoms with van der Waals surface area (Å²) >= 11 is 0. The molecule has 0 unspecified atom stereocenters. The van der Waals surface area contributed by atoms with E-state index in [1.165, 1.54) is 12.1 Å². The van der Waals surface area contributed by atoms with Crippen LogP contribution >= 0.6 is 0 Å². The zero-order chi connectivity index (χ0) is 41.1. The van der Waals surface area contributed by atoms with Crippen molar-refractivity contribution in [3.63, 3.8) is 0 Å². The van der Waals surface area contributed by atoms with Crippen molar-refractivity contribution in [1.29, 1.82) is 0 Å². The van der Waals surface area contributed by atoms with Crippen LogP contribution in [0.2, 0.25) is 0 Å². The molecule has 290 valence electrons. The van der Waals surface area contributed by atoms with Gasteiger partial charge < -0.3 is 5.11 Å². The number of nitrogens with zero attached hydrogens (tertiary/aromatic N) is 1.